The fourth-order valence-electron chi connectivity index (χ4n) is 3.69. The van der Waals surface area contributed by atoms with Crippen molar-refractivity contribution in [2.75, 3.05) is 20.8 Å². The Labute approximate surface area is 214 Å². The molecule has 0 bridgehead atoms. The van der Waals surface area contributed by atoms with Crippen LogP contribution in [0.1, 0.15) is 45.9 Å². The SMILES string of the molecule is COC(=O)C(NP(=O)(NC(C(=O)OC)C(C)C)OC[C@H]1O[C@@H](n2cc(C)c(=O)[nH]c2=O)C[C@@H]1O)C(C)C. The summed E-state index contributed by atoms with van der Waals surface area (Å²) in [5.41, 5.74) is -0.965. The van der Waals surface area contributed by atoms with Crippen molar-refractivity contribution < 1.29 is 38.0 Å². The Morgan fingerprint density at radius 3 is 2.11 bits per heavy atom. The summed E-state index contributed by atoms with van der Waals surface area (Å²) in [4.78, 5) is 50.7. The van der Waals surface area contributed by atoms with Gasteiger partial charge in [-0.05, 0) is 18.8 Å². The highest BCUT2D eigenvalue weighted by Crippen LogP contribution is 2.42. The van der Waals surface area contributed by atoms with E-state index in [4.69, 9.17) is 18.7 Å². The maximum absolute atomic E-state index is 13.9. The summed E-state index contributed by atoms with van der Waals surface area (Å²) in [6.45, 7) is 7.92. The number of H-pyrrole nitrogens is 1. The Balaban J connectivity index is 2.29. The normalized spacial score (nSPS) is 23.0. The van der Waals surface area contributed by atoms with Crippen LogP contribution in [0.15, 0.2) is 15.8 Å². The second kappa shape index (κ2) is 12.9. The van der Waals surface area contributed by atoms with Gasteiger partial charge in [-0.1, -0.05) is 27.7 Å². The molecule has 1 saturated heterocycles. The van der Waals surface area contributed by atoms with E-state index in [9.17, 15) is 28.8 Å². The number of aliphatic hydroxyl groups is 1. The maximum Gasteiger partial charge on any atom is 0.342 e. The second-order valence-corrected chi connectivity index (χ2v) is 11.4. The van der Waals surface area contributed by atoms with Crippen molar-refractivity contribution in [1.29, 1.82) is 0 Å². The summed E-state index contributed by atoms with van der Waals surface area (Å²) in [7, 11) is -1.80. The third-order valence-electron chi connectivity index (χ3n) is 5.94. The lowest BCUT2D eigenvalue weighted by molar-refractivity contribution is -0.144. The van der Waals surface area contributed by atoms with Crippen molar-refractivity contribution >= 4 is 19.6 Å². The maximum atomic E-state index is 13.9. The summed E-state index contributed by atoms with van der Waals surface area (Å²) in [6, 6.07) is -2.11. The number of ether oxygens (including phenoxy) is 3. The van der Waals surface area contributed by atoms with Gasteiger partial charge in [0.05, 0.1) is 26.9 Å². The Hall–Kier alpha value is -2.35. The highest BCUT2D eigenvalue weighted by Gasteiger charge is 2.41. The van der Waals surface area contributed by atoms with Crippen LogP contribution in [0.2, 0.25) is 0 Å². The lowest BCUT2D eigenvalue weighted by Crippen LogP contribution is -2.48. The molecule has 0 aliphatic carbocycles. The predicted octanol–water partition coefficient (Wildman–Crippen LogP) is 0.193. The number of nitrogens with one attached hydrogen (secondary N) is 3. The quantitative estimate of drug-likeness (QED) is 0.205. The van der Waals surface area contributed by atoms with Crippen LogP contribution in [-0.2, 0) is 32.9 Å². The number of carbonyl (C=O) groups excluding carboxylic acids is 2. The fraction of sp³-hybridized carbons (Fsp3) is 0.727. The first-order valence-corrected chi connectivity index (χ1v) is 13.5. The highest BCUT2D eigenvalue weighted by molar-refractivity contribution is 7.54. The topological polar surface area (TPSA) is 187 Å². The van der Waals surface area contributed by atoms with Crippen molar-refractivity contribution in [3.8, 4) is 0 Å². The zero-order valence-electron chi connectivity index (χ0n) is 22.0. The first-order valence-electron chi connectivity index (χ1n) is 11.8. The van der Waals surface area contributed by atoms with E-state index in [0.29, 0.717) is 0 Å². The second-order valence-electron chi connectivity index (χ2n) is 9.51. The number of aromatic amines is 1. The average molecular weight is 549 g/mol. The van der Waals surface area contributed by atoms with Crippen LogP contribution < -0.4 is 21.4 Å². The van der Waals surface area contributed by atoms with E-state index >= 15 is 0 Å². The molecule has 2 rings (SSSR count). The smallest absolute Gasteiger partial charge is 0.342 e. The zero-order valence-corrected chi connectivity index (χ0v) is 22.9. The Bertz CT molecular complexity index is 1080. The molecule has 37 heavy (non-hydrogen) atoms. The van der Waals surface area contributed by atoms with E-state index in [2.05, 4.69) is 15.2 Å². The minimum Gasteiger partial charge on any atom is -0.468 e. The lowest BCUT2D eigenvalue weighted by Gasteiger charge is -2.31. The van der Waals surface area contributed by atoms with Crippen LogP contribution in [0.4, 0.5) is 0 Å². The summed E-state index contributed by atoms with van der Waals surface area (Å²) in [5.74, 6) is -2.11. The first-order chi connectivity index (χ1) is 17.2. The molecule has 2 unspecified atom stereocenters. The standard InChI is InChI=1S/C22H37N4O10P/c1-11(2)17(20(29)33-6)24-37(32,25-18(12(3)4)21(30)34-7)35-10-15-14(27)8-16(36-15)26-9-13(5)19(28)23-22(26)31/h9,11-12,14-18,27H,8,10H2,1-7H3,(H,23,28,31)(H2,24,25,32)/t14-,15+,16+,17?,18?,37?/m0/s1. The van der Waals surface area contributed by atoms with Crippen molar-refractivity contribution in [1.82, 2.24) is 19.7 Å². The van der Waals surface area contributed by atoms with Gasteiger partial charge >= 0.3 is 25.3 Å². The number of nitrogens with zero attached hydrogens (tertiary/aromatic N) is 1. The fourth-order valence-corrected chi connectivity index (χ4v) is 5.81. The lowest BCUT2D eigenvalue weighted by atomic mass is 10.1. The van der Waals surface area contributed by atoms with E-state index in [-0.39, 0.29) is 23.8 Å². The van der Waals surface area contributed by atoms with Crippen LogP contribution >= 0.6 is 7.67 Å². The van der Waals surface area contributed by atoms with Gasteiger partial charge in [0.1, 0.15) is 24.4 Å². The van der Waals surface area contributed by atoms with E-state index < -0.39 is 68.0 Å². The number of aliphatic hydroxyl groups excluding tert-OH is 1. The van der Waals surface area contributed by atoms with Crippen LogP contribution in [0.3, 0.4) is 0 Å². The minimum atomic E-state index is -4.18. The molecule has 1 aliphatic heterocycles. The van der Waals surface area contributed by atoms with E-state index in [1.54, 1.807) is 27.7 Å². The summed E-state index contributed by atoms with van der Waals surface area (Å²) in [5, 5.41) is 15.9. The van der Waals surface area contributed by atoms with Gasteiger partial charge < -0.3 is 23.8 Å². The number of aromatic nitrogens is 2. The molecule has 0 spiro atoms. The van der Waals surface area contributed by atoms with Gasteiger partial charge in [0, 0.05) is 18.2 Å². The van der Waals surface area contributed by atoms with E-state index in [1.807, 2.05) is 0 Å². The minimum absolute atomic E-state index is 0.00185. The van der Waals surface area contributed by atoms with Crippen LogP contribution in [-0.4, -0.2) is 71.7 Å². The number of aryl methyl sites for hydroxylation is 1. The molecule has 0 saturated carbocycles. The molecule has 0 amide bonds. The van der Waals surface area contributed by atoms with Crippen LogP contribution in [0.25, 0.3) is 0 Å². The molecular formula is C22H37N4O10P. The van der Waals surface area contributed by atoms with Gasteiger partial charge in [0.15, 0.2) is 0 Å². The van der Waals surface area contributed by atoms with Crippen molar-refractivity contribution in [3.05, 3.63) is 32.6 Å². The van der Waals surface area contributed by atoms with Gasteiger partial charge in [-0.15, -0.1) is 0 Å². The third-order valence-corrected chi connectivity index (χ3v) is 7.69. The first kappa shape index (κ1) is 30.9. The van der Waals surface area contributed by atoms with Crippen molar-refractivity contribution in [3.63, 3.8) is 0 Å². The van der Waals surface area contributed by atoms with Gasteiger partial charge in [-0.3, -0.25) is 28.5 Å². The molecule has 0 radical (unpaired) electrons. The zero-order chi connectivity index (χ0) is 28.1. The van der Waals surface area contributed by atoms with Crippen molar-refractivity contribution in [2.24, 2.45) is 11.8 Å². The van der Waals surface area contributed by atoms with Gasteiger partial charge in [-0.25, -0.2) is 15.0 Å². The molecule has 0 aromatic carbocycles. The van der Waals surface area contributed by atoms with Gasteiger partial charge in [0.2, 0.25) is 0 Å². The van der Waals surface area contributed by atoms with Crippen LogP contribution in [0.5, 0.6) is 0 Å². The molecule has 1 fully saturated rings. The number of hydrogen-bond acceptors (Lipinski definition) is 10. The van der Waals surface area contributed by atoms with Gasteiger partial charge in [-0.2, -0.15) is 0 Å². The largest absolute Gasteiger partial charge is 0.468 e. The summed E-state index contributed by atoms with van der Waals surface area (Å²) >= 11 is 0. The number of carbonyl (C=O) groups is 2. The van der Waals surface area contributed by atoms with Crippen LogP contribution in [0, 0.1) is 18.8 Å². The molecule has 4 N–H and O–H groups in total. The summed E-state index contributed by atoms with van der Waals surface area (Å²) < 4.78 is 36.2. The number of methoxy groups -OCH3 is 2. The number of rotatable bonds is 12. The summed E-state index contributed by atoms with van der Waals surface area (Å²) in [6.07, 6.45) is -1.72. The molecule has 1 aromatic rings. The van der Waals surface area contributed by atoms with Crippen molar-refractivity contribution in [2.45, 2.75) is 71.6 Å². The van der Waals surface area contributed by atoms with Gasteiger partial charge in [0.25, 0.3) is 5.56 Å². The molecule has 5 atom stereocenters. The Morgan fingerprint density at radius 2 is 1.65 bits per heavy atom. The molecule has 15 heteroatoms. The predicted molar refractivity (Wildman–Crippen MR) is 132 cm³/mol. The third kappa shape index (κ3) is 7.82. The number of hydrogen-bond donors (Lipinski definition) is 4. The molecular weight excluding hydrogens is 511 g/mol. The Kier molecular flexibility index (Phi) is 10.8. The monoisotopic (exact) mass is 548 g/mol. The highest BCUT2D eigenvalue weighted by atomic mass is 31.2. The Morgan fingerprint density at radius 1 is 1.14 bits per heavy atom. The molecule has 1 aliphatic rings. The molecule has 1 aromatic heterocycles. The molecule has 14 nitrogen and oxygen atoms in total. The van der Waals surface area contributed by atoms with E-state index in [0.717, 1.165) is 4.57 Å². The average Bonchev–Trinajstić information content (AvgIpc) is 3.21. The molecule has 2 heterocycles. The number of esters is 2. The molecule has 210 valence electrons. The van der Waals surface area contributed by atoms with E-state index in [1.165, 1.54) is 27.3 Å².